The molecule has 0 fully saturated rings. The summed E-state index contributed by atoms with van der Waals surface area (Å²) in [6, 6.07) is 38.4. The Morgan fingerprint density at radius 3 is 1.87 bits per heavy atom. The largest absolute Gasteiger partial charge is 1.00 e. The Hall–Kier alpha value is -2.31. The van der Waals surface area contributed by atoms with Crippen LogP contribution in [0.2, 0.25) is 0 Å². The van der Waals surface area contributed by atoms with Crippen LogP contribution in [0.4, 0.5) is 0 Å². The number of hydrogen-bond donors (Lipinski definition) is 0. The molecule has 0 aromatic heterocycles. The van der Waals surface area contributed by atoms with Gasteiger partial charge in [0.25, 0.3) is 0 Å². The molecule has 0 unspecified atom stereocenters. The normalized spacial score (nSPS) is 12.3. The van der Waals surface area contributed by atoms with Gasteiger partial charge in [-0.15, -0.1) is 0 Å². The molecule has 0 nitrogen and oxygen atoms in total. The predicted octanol–water partition coefficient (Wildman–Crippen LogP) is 1.79. The molecule has 38 heavy (non-hydrogen) atoms. The number of allylic oxidation sites excluding steroid dienone is 4. The van der Waals surface area contributed by atoms with E-state index in [2.05, 4.69) is 121 Å². The van der Waals surface area contributed by atoms with Crippen LogP contribution in [-0.2, 0) is 40.5 Å². The summed E-state index contributed by atoms with van der Waals surface area (Å²) in [6.07, 6.45) is 14.1. The van der Waals surface area contributed by atoms with E-state index in [-0.39, 0.29) is 24.8 Å². The van der Waals surface area contributed by atoms with E-state index in [1.807, 2.05) is 3.21 Å². The van der Waals surface area contributed by atoms with Gasteiger partial charge in [-0.3, -0.25) is 0 Å². The van der Waals surface area contributed by atoms with E-state index in [1.54, 1.807) is 12.1 Å². The number of benzene rings is 4. The Kier molecular flexibility index (Phi) is 10.3. The van der Waals surface area contributed by atoms with E-state index in [0.717, 1.165) is 25.7 Å². The minimum Gasteiger partial charge on any atom is -1.00 e. The fraction of sp³-hybridized carbons (Fsp3) is 0.171. The molecule has 6 rings (SSSR count). The molecule has 0 N–H and O–H groups in total. The summed E-state index contributed by atoms with van der Waals surface area (Å²) in [6.45, 7) is 0. The first-order valence-electron chi connectivity index (χ1n) is 13.2. The molecule has 0 spiro atoms. The molecule has 0 heterocycles. The molecule has 0 atom stereocenters. The zero-order chi connectivity index (χ0) is 24.2. The Bertz CT molecular complexity index is 1420. The van der Waals surface area contributed by atoms with Crippen LogP contribution in [0.5, 0.6) is 0 Å². The van der Waals surface area contributed by atoms with Crippen LogP contribution in [0, 0.1) is 0 Å². The summed E-state index contributed by atoms with van der Waals surface area (Å²) in [4.78, 5) is 0. The van der Waals surface area contributed by atoms with Gasteiger partial charge in [0.2, 0.25) is 0 Å². The molecule has 0 radical (unpaired) electrons. The van der Waals surface area contributed by atoms with Crippen molar-refractivity contribution in [2.75, 3.05) is 0 Å². The minimum absolute atomic E-state index is 0. The fourth-order valence-electron chi connectivity index (χ4n) is 5.87. The Morgan fingerprint density at radius 2 is 1.24 bits per heavy atom. The van der Waals surface area contributed by atoms with Gasteiger partial charge in [0, 0.05) is 0 Å². The van der Waals surface area contributed by atoms with Gasteiger partial charge in [0.1, 0.15) is 0 Å². The number of fused-ring (bicyclic) bond motifs is 3. The molecule has 190 valence electrons. The molecule has 0 saturated carbocycles. The number of aryl methyl sites for hydroxylation is 2. The van der Waals surface area contributed by atoms with Crippen molar-refractivity contribution in [2.45, 2.75) is 38.5 Å². The SMILES string of the molecule is C1=CC[C]([Zr+2](=[C](CCc2ccccc2)CCc2ccccc2)[c]2cccc3c2Cc2ccccc2-3)=C1.[Cl-].[Cl-]. The zero-order valence-electron chi connectivity index (χ0n) is 21.5. The van der Waals surface area contributed by atoms with Crippen molar-refractivity contribution in [3.63, 3.8) is 0 Å². The van der Waals surface area contributed by atoms with Crippen LogP contribution in [0.25, 0.3) is 11.1 Å². The smallest absolute Gasteiger partial charge is 1.00 e. The average molecular weight is 615 g/mol. The van der Waals surface area contributed by atoms with E-state index in [9.17, 15) is 0 Å². The molecule has 3 heteroatoms. The topological polar surface area (TPSA) is 0 Å². The molecular formula is C35H32Cl2Zr. The summed E-state index contributed by atoms with van der Waals surface area (Å²) < 4.78 is 5.33. The van der Waals surface area contributed by atoms with Crippen LogP contribution >= 0.6 is 0 Å². The summed E-state index contributed by atoms with van der Waals surface area (Å²) in [5.74, 6) is 0. The van der Waals surface area contributed by atoms with Crippen molar-refractivity contribution in [1.29, 1.82) is 0 Å². The van der Waals surface area contributed by atoms with Crippen LogP contribution in [0.1, 0.15) is 41.5 Å². The number of hydrogen-bond acceptors (Lipinski definition) is 0. The van der Waals surface area contributed by atoms with Crippen molar-refractivity contribution >= 4 is 6.48 Å². The fourth-order valence-corrected chi connectivity index (χ4v) is 14.0. The summed E-state index contributed by atoms with van der Waals surface area (Å²) in [5, 5.41) is 0. The zero-order valence-corrected chi connectivity index (χ0v) is 25.5. The van der Waals surface area contributed by atoms with E-state index in [1.165, 1.54) is 40.7 Å². The maximum absolute atomic E-state index is 2.50. The third-order valence-corrected chi connectivity index (χ3v) is 15.6. The van der Waals surface area contributed by atoms with Crippen LogP contribution in [0.15, 0.2) is 125 Å². The third kappa shape index (κ3) is 6.29. The molecule has 0 bridgehead atoms. The number of rotatable bonds is 8. The van der Waals surface area contributed by atoms with Gasteiger partial charge >= 0.3 is 224 Å². The second-order valence-electron chi connectivity index (χ2n) is 9.94. The second kappa shape index (κ2) is 13.7. The summed E-state index contributed by atoms with van der Waals surface area (Å²) >= 11 is -2.28. The molecule has 2 aliphatic rings. The third-order valence-electron chi connectivity index (χ3n) is 7.68. The van der Waals surface area contributed by atoms with Gasteiger partial charge in [-0.2, -0.15) is 0 Å². The Balaban J connectivity index is 0.00000168. The van der Waals surface area contributed by atoms with Crippen LogP contribution < -0.4 is 28.1 Å². The second-order valence-corrected chi connectivity index (χ2v) is 16.4. The maximum atomic E-state index is 2.50. The van der Waals surface area contributed by atoms with Gasteiger partial charge in [0.05, 0.1) is 0 Å². The average Bonchev–Trinajstić information content (AvgIpc) is 3.60. The molecule has 0 aliphatic heterocycles. The van der Waals surface area contributed by atoms with Gasteiger partial charge in [-0.05, 0) is 0 Å². The Labute approximate surface area is 247 Å². The predicted molar refractivity (Wildman–Crippen MR) is 151 cm³/mol. The van der Waals surface area contributed by atoms with Gasteiger partial charge in [-0.1, -0.05) is 0 Å². The summed E-state index contributed by atoms with van der Waals surface area (Å²) in [7, 11) is 0. The monoisotopic (exact) mass is 612 g/mol. The Morgan fingerprint density at radius 1 is 0.632 bits per heavy atom. The molecule has 4 aromatic rings. The van der Waals surface area contributed by atoms with Crippen molar-refractivity contribution in [1.82, 2.24) is 0 Å². The first kappa shape index (κ1) is 28.7. The minimum atomic E-state index is -2.28. The van der Waals surface area contributed by atoms with Gasteiger partial charge in [0.15, 0.2) is 0 Å². The van der Waals surface area contributed by atoms with Crippen LogP contribution in [0.3, 0.4) is 0 Å². The molecular weight excluding hydrogens is 583 g/mol. The molecule has 4 aromatic carbocycles. The van der Waals surface area contributed by atoms with E-state index in [4.69, 9.17) is 0 Å². The van der Waals surface area contributed by atoms with E-state index in [0.29, 0.717) is 0 Å². The summed E-state index contributed by atoms with van der Waals surface area (Å²) in [5.41, 5.74) is 8.97. The standard InChI is InChI=1S/C17H18.C13H9.C5H5.2ClH.Zr/c1-4-10-16(11-5-1)14-8-3-9-15-17-12-6-2-7-13-17;1-3-7-12-10(5-1)9-11-6-2-4-8-13(11)12;1-2-4-5-3-1;;;/h1-2,4-7,10-13H,8-9,14-15H2;1-5,7-8H,9H2;1-3H,4H2;2*1H;/q;;;;;+2/p-2. The van der Waals surface area contributed by atoms with Crippen molar-refractivity contribution < 1.29 is 46.1 Å². The first-order valence-corrected chi connectivity index (χ1v) is 16.9. The maximum Gasteiger partial charge on any atom is -1.00 e. The van der Waals surface area contributed by atoms with Crippen molar-refractivity contribution in [2.24, 2.45) is 0 Å². The molecule has 0 saturated heterocycles. The van der Waals surface area contributed by atoms with Crippen LogP contribution in [-0.4, -0.2) is 3.21 Å². The van der Waals surface area contributed by atoms with Crippen molar-refractivity contribution in [3.8, 4) is 11.1 Å². The molecule has 0 amide bonds. The number of halogens is 2. The quantitative estimate of drug-likeness (QED) is 0.250. The van der Waals surface area contributed by atoms with Gasteiger partial charge in [-0.25, -0.2) is 0 Å². The molecule has 2 aliphatic carbocycles. The first-order chi connectivity index (χ1) is 17.9. The van der Waals surface area contributed by atoms with E-state index >= 15 is 0 Å². The van der Waals surface area contributed by atoms with E-state index < -0.39 is 21.3 Å². The van der Waals surface area contributed by atoms with Gasteiger partial charge < -0.3 is 24.8 Å². The van der Waals surface area contributed by atoms with Crippen molar-refractivity contribution in [3.05, 3.63) is 147 Å².